The second-order valence-corrected chi connectivity index (χ2v) is 4.26. The van der Waals surface area contributed by atoms with Crippen LogP contribution in [0.15, 0.2) is 0 Å². The van der Waals surface area contributed by atoms with Crippen molar-refractivity contribution in [3.8, 4) is 0 Å². The summed E-state index contributed by atoms with van der Waals surface area (Å²) in [6, 6.07) is 0. The molecule has 0 aromatic heterocycles. The Hall–Kier alpha value is -0.240. The predicted octanol–water partition coefficient (Wildman–Crippen LogP) is 3.43. The summed E-state index contributed by atoms with van der Waals surface area (Å²) in [7, 11) is 0. The number of amides is 1. The third kappa shape index (κ3) is 7.66. The van der Waals surface area contributed by atoms with Crippen molar-refractivity contribution >= 4 is 17.5 Å². The first-order chi connectivity index (χ1) is 7.26. The van der Waals surface area contributed by atoms with Crippen LogP contribution in [0, 0.1) is 0 Å². The van der Waals surface area contributed by atoms with E-state index >= 15 is 0 Å². The highest BCUT2D eigenvalue weighted by molar-refractivity contribution is 6.18. The van der Waals surface area contributed by atoms with Crippen LogP contribution < -0.4 is 0 Å². The van der Waals surface area contributed by atoms with E-state index in [1.54, 1.807) is 0 Å². The van der Waals surface area contributed by atoms with E-state index in [1.807, 2.05) is 4.90 Å². The number of nitrogens with zero attached hydrogens (tertiary/aromatic N) is 1. The average Bonchev–Trinajstić information content (AvgIpc) is 2.24. The zero-order chi connectivity index (χ0) is 11.5. The maximum atomic E-state index is 11.8. The van der Waals surface area contributed by atoms with Crippen molar-refractivity contribution in [2.45, 2.75) is 52.4 Å². The molecule has 90 valence electrons. The number of carbonyl (C=O) groups excluding carboxylic acids is 1. The van der Waals surface area contributed by atoms with Crippen molar-refractivity contribution in [3.05, 3.63) is 0 Å². The van der Waals surface area contributed by atoms with Crippen LogP contribution in [0.5, 0.6) is 0 Å². The second-order valence-electron chi connectivity index (χ2n) is 3.88. The molecular weight excluding hydrogens is 210 g/mol. The fourth-order valence-electron chi connectivity index (χ4n) is 1.59. The SMILES string of the molecule is CCCCCCC(=O)N(CCC)CCCl. The summed E-state index contributed by atoms with van der Waals surface area (Å²) in [6.07, 6.45) is 6.35. The quantitative estimate of drug-likeness (QED) is 0.441. The zero-order valence-corrected chi connectivity index (χ0v) is 10.9. The molecule has 0 heterocycles. The minimum absolute atomic E-state index is 0.272. The Morgan fingerprint density at radius 2 is 1.80 bits per heavy atom. The van der Waals surface area contributed by atoms with E-state index in [1.165, 1.54) is 19.3 Å². The van der Waals surface area contributed by atoms with E-state index < -0.39 is 0 Å². The van der Waals surface area contributed by atoms with Crippen LogP contribution >= 0.6 is 11.6 Å². The minimum atomic E-state index is 0.272. The molecule has 0 spiro atoms. The molecular formula is C12H24ClNO. The van der Waals surface area contributed by atoms with E-state index in [-0.39, 0.29) is 5.91 Å². The standard InChI is InChI=1S/C12H24ClNO/c1-3-5-6-7-8-12(15)14(10-4-2)11-9-13/h3-11H2,1-2H3. The van der Waals surface area contributed by atoms with Gasteiger partial charge in [-0.15, -0.1) is 11.6 Å². The number of hydrogen-bond acceptors (Lipinski definition) is 1. The predicted molar refractivity (Wildman–Crippen MR) is 66.4 cm³/mol. The molecule has 0 unspecified atom stereocenters. The van der Waals surface area contributed by atoms with Crippen molar-refractivity contribution in [2.75, 3.05) is 19.0 Å². The first-order valence-electron chi connectivity index (χ1n) is 6.10. The molecule has 0 saturated carbocycles. The van der Waals surface area contributed by atoms with Crippen LogP contribution in [0.4, 0.5) is 0 Å². The summed E-state index contributed by atoms with van der Waals surface area (Å²) < 4.78 is 0. The fourth-order valence-corrected chi connectivity index (χ4v) is 1.80. The topological polar surface area (TPSA) is 20.3 Å². The van der Waals surface area contributed by atoms with Crippen molar-refractivity contribution in [1.82, 2.24) is 4.90 Å². The van der Waals surface area contributed by atoms with Gasteiger partial charge in [-0.3, -0.25) is 4.79 Å². The van der Waals surface area contributed by atoms with Gasteiger partial charge in [0.05, 0.1) is 0 Å². The lowest BCUT2D eigenvalue weighted by Crippen LogP contribution is -2.33. The smallest absolute Gasteiger partial charge is 0.222 e. The van der Waals surface area contributed by atoms with Gasteiger partial charge in [-0.05, 0) is 12.8 Å². The van der Waals surface area contributed by atoms with Gasteiger partial charge in [0.25, 0.3) is 0 Å². The molecule has 0 fully saturated rings. The van der Waals surface area contributed by atoms with E-state index in [0.29, 0.717) is 18.8 Å². The Bertz CT molecular complexity index is 156. The van der Waals surface area contributed by atoms with E-state index in [2.05, 4.69) is 13.8 Å². The Kier molecular flexibility index (Phi) is 10.1. The molecule has 0 bridgehead atoms. The number of rotatable bonds is 9. The van der Waals surface area contributed by atoms with Gasteiger partial charge in [-0.2, -0.15) is 0 Å². The second kappa shape index (κ2) is 10.3. The summed E-state index contributed by atoms with van der Waals surface area (Å²) in [5.74, 6) is 0.814. The number of halogens is 1. The average molecular weight is 234 g/mol. The number of carbonyl (C=O) groups is 1. The molecule has 15 heavy (non-hydrogen) atoms. The van der Waals surface area contributed by atoms with Gasteiger partial charge in [-0.1, -0.05) is 33.1 Å². The Morgan fingerprint density at radius 3 is 2.33 bits per heavy atom. The highest BCUT2D eigenvalue weighted by atomic mass is 35.5. The Labute approximate surface area is 99.0 Å². The van der Waals surface area contributed by atoms with Crippen molar-refractivity contribution < 1.29 is 4.79 Å². The normalized spacial score (nSPS) is 10.3. The molecule has 3 heteroatoms. The van der Waals surface area contributed by atoms with Gasteiger partial charge in [0.1, 0.15) is 0 Å². The Morgan fingerprint density at radius 1 is 1.07 bits per heavy atom. The summed E-state index contributed by atoms with van der Waals surface area (Å²) in [5.41, 5.74) is 0. The number of unbranched alkanes of at least 4 members (excludes halogenated alkanes) is 3. The summed E-state index contributed by atoms with van der Waals surface area (Å²) in [5, 5.41) is 0. The van der Waals surface area contributed by atoms with Gasteiger partial charge >= 0.3 is 0 Å². The van der Waals surface area contributed by atoms with Crippen molar-refractivity contribution in [3.63, 3.8) is 0 Å². The van der Waals surface area contributed by atoms with Crippen molar-refractivity contribution in [2.24, 2.45) is 0 Å². The highest BCUT2D eigenvalue weighted by Crippen LogP contribution is 2.06. The fraction of sp³-hybridized carbons (Fsp3) is 0.917. The van der Waals surface area contributed by atoms with E-state index in [4.69, 9.17) is 11.6 Å². The molecule has 0 aliphatic rings. The molecule has 1 amide bonds. The lowest BCUT2D eigenvalue weighted by molar-refractivity contribution is -0.131. The van der Waals surface area contributed by atoms with E-state index in [0.717, 1.165) is 19.4 Å². The molecule has 0 aliphatic carbocycles. The summed E-state index contributed by atoms with van der Waals surface area (Å²) in [6.45, 7) is 5.81. The largest absolute Gasteiger partial charge is 0.342 e. The third-order valence-corrected chi connectivity index (χ3v) is 2.61. The van der Waals surface area contributed by atoms with Gasteiger partial charge in [0.2, 0.25) is 5.91 Å². The molecule has 2 nitrogen and oxygen atoms in total. The monoisotopic (exact) mass is 233 g/mol. The molecule has 0 saturated heterocycles. The summed E-state index contributed by atoms with van der Waals surface area (Å²) >= 11 is 5.67. The van der Waals surface area contributed by atoms with Gasteiger partial charge in [-0.25, -0.2) is 0 Å². The lowest BCUT2D eigenvalue weighted by Gasteiger charge is -2.20. The van der Waals surface area contributed by atoms with Gasteiger partial charge in [0.15, 0.2) is 0 Å². The number of alkyl halides is 1. The van der Waals surface area contributed by atoms with Crippen LogP contribution in [-0.4, -0.2) is 29.8 Å². The first kappa shape index (κ1) is 14.8. The van der Waals surface area contributed by atoms with Gasteiger partial charge < -0.3 is 4.90 Å². The maximum Gasteiger partial charge on any atom is 0.222 e. The van der Waals surface area contributed by atoms with E-state index in [9.17, 15) is 4.79 Å². The summed E-state index contributed by atoms with van der Waals surface area (Å²) in [4.78, 5) is 13.6. The van der Waals surface area contributed by atoms with Crippen LogP contribution in [0.1, 0.15) is 52.4 Å². The molecule has 0 aromatic rings. The minimum Gasteiger partial charge on any atom is -0.342 e. The highest BCUT2D eigenvalue weighted by Gasteiger charge is 2.10. The van der Waals surface area contributed by atoms with Crippen LogP contribution in [0.25, 0.3) is 0 Å². The lowest BCUT2D eigenvalue weighted by atomic mass is 10.1. The zero-order valence-electron chi connectivity index (χ0n) is 10.1. The number of hydrogen-bond donors (Lipinski definition) is 0. The van der Waals surface area contributed by atoms with Crippen molar-refractivity contribution in [1.29, 1.82) is 0 Å². The van der Waals surface area contributed by atoms with Gasteiger partial charge in [0, 0.05) is 25.4 Å². The first-order valence-corrected chi connectivity index (χ1v) is 6.63. The molecule has 0 atom stereocenters. The molecule has 0 aliphatic heterocycles. The Balaban J connectivity index is 3.70. The third-order valence-electron chi connectivity index (χ3n) is 2.44. The van der Waals surface area contributed by atoms with Crippen LogP contribution in [0.2, 0.25) is 0 Å². The molecule has 0 N–H and O–H groups in total. The van der Waals surface area contributed by atoms with Crippen LogP contribution in [-0.2, 0) is 4.79 Å². The molecule has 0 aromatic carbocycles. The molecule has 0 rings (SSSR count). The maximum absolute atomic E-state index is 11.8. The molecule has 0 radical (unpaired) electrons. The van der Waals surface area contributed by atoms with Crippen LogP contribution in [0.3, 0.4) is 0 Å².